The van der Waals surface area contributed by atoms with Crippen LogP contribution in [0.1, 0.15) is 38.8 Å². The lowest BCUT2D eigenvalue weighted by Gasteiger charge is -2.17. The van der Waals surface area contributed by atoms with E-state index in [0.29, 0.717) is 5.57 Å². The molecular weight excluding hydrogens is 256 g/mol. The molecule has 0 amide bonds. The highest BCUT2D eigenvalue weighted by atomic mass is 16.7. The Labute approximate surface area is 119 Å². The summed E-state index contributed by atoms with van der Waals surface area (Å²) in [6, 6.07) is 8.01. The van der Waals surface area contributed by atoms with E-state index in [1.54, 1.807) is 6.92 Å². The maximum absolute atomic E-state index is 11.0. The van der Waals surface area contributed by atoms with E-state index in [-0.39, 0.29) is 0 Å². The molecule has 0 spiro atoms. The van der Waals surface area contributed by atoms with Crippen LogP contribution < -0.4 is 0 Å². The van der Waals surface area contributed by atoms with Crippen molar-refractivity contribution in [3.8, 4) is 0 Å². The summed E-state index contributed by atoms with van der Waals surface area (Å²) in [6.45, 7) is 6.40. The molecule has 0 N–H and O–H groups in total. The Morgan fingerprint density at radius 3 is 1.95 bits per heavy atom. The van der Waals surface area contributed by atoms with E-state index in [1.165, 1.54) is 19.4 Å². The van der Waals surface area contributed by atoms with E-state index < -0.39 is 18.2 Å². The van der Waals surface area contributed by atoms with Crippen LogP contribution in [0, 0.1) is 0 Å². The first-order valence-electron chi connectivity index (χ1n) is 6.54. The second-order valence-corrected chi connectivity index (χ2v) is 4.53. The minimum absolute atomic E-state index is 0.495. The quantitative estimate of drug-likeness (QED) is 0.612. The predicted molar refractivity (Wildman–Crippen MR) is 76.8 cm³/mol. The Kier molecular flexibility index (Phi) is 5.97. The summed E-state index contributed by atoms with van der Waals surface area (Å²) >= 11 is 0. The SMILES string of the molecule is CCc1ccc(C=C(C)C(OC(C)=O)OC(C)=O)cc1. The molecular formula is C16H20O4. The van der Waals surface area contributed by atoms with Gasteiger partial charge < -0.3 is 9.47 Å². The summed E-state index contributed by atoms with van der Waals surface area (Å²) in [5, 5.41) is 0. The van der Waals surface area contributed by atoms with E-state index in [1.807, 2.05) is 30.3 Å². The van der Waals surface area contributed by atoms with Crippen LogP contribution in [-0.4, -0.2) is 18.2 Å². The van der Waals surface area contributed by atoms with Crippen LogP contribution in [0.2, 0.25) is 0 Å². The fraction of sp³-hybridized carbons (Fsp3) is 0.375. The van der Waals surface area contributed by atoms with E-state index >= 15 is 0 Å². The summed E-state index contributed by atoms with van der Waals surface area (Å²) in [4.78, 5) is 22.1. The molecule has 0 bridgehead atoms. The van der Waals surface area contributed by atoms with Crippen molar-refractivity contribution in [3.63, 3.8) is 0 Å². The number of hydrogen-bond acceptors (Lipinski definition) is 4. The monoisotopic (exact) mass is 276 g/mol. The van der Waals surface area contributed by atoms with Gasteiger partial charge in [-0.15, -0.1) is 0 Å². The molecule has 0 aliphatic carbocycles. The topological polar surface area (TPSA) is 52.6 Å². The third-order valence-corrected chi connectivity index (χ3v) is 2.70. The van der Waals surface area contributed by atoms with Crippen molar-refractivity contribution >= 4 is 18.0 Å². The van der Waals surface area contributed by atoms with Crippen molar-refractivity contribution in [1.29, 1.82) is 0 Å². The number of hydrogen-bond donors (Lipinski definition) is 0. The highest BCUT2D eigenvalue weighted by Gasteiger charge is 2.17. The molecule has 0 aliphatic rings. The van der Waals surface area contributed by atoms with E-state index in [4.69, 9.17) is 9.47 Å². The molecule has 4 nitrogen and oxygen atoms in total. The van der Waals surface area contributed by atoms with Gasteiger partial charge in [0.1, 0.15) is 0 Å². The van der Waals surface area contributed by atoms with Crippen molar-refractivity contribution in [2.45, 2.75) is 40.4 Å². The van der Waals surface area contributed by atoms with Crippen LogP contribution in [-0.2, 0) is 25.5 Å². The normalized spacial score (nSPS) is 11.3. The van der Waals surface area contributed by atoms with E-state index in [2.05, 4.69) is 6.92 Å². The Morgan fingerprint density at radius 2 is 1.55 bits per heavy atom. The van der Waals surface area contributed by atoms with E-state index in [0.717, 1.165) is 12.0 Å². The second-order valence-electron chi connectivity index (χ2n) is 4.53. The molecule has 0 saturated carbocycles. The van der Waals surface area contributed by atoms with Gasteiger partial charge >= 0.3 is 11.9 Å². The first-order valence-corrected chi connectivity index (χ1v) is 6.54. The summed E-state index contributed by atoms with van der Waals surface area (Å²) in [5.74, 6) is -0.990. The molecule has 0 heterocycles. The zero-order chi connectivity index (χ0) is 15.1. The zero-order valence-electron chi connectivity index (χ0n) is 12.3. The summed E-state index contributed by atoms with van der Waals surface area (Å²) < 4.78 is 9.98. The number of rotatable bonds is 5. The first kappa shape index (κ1) is 16.0. The van der Waals surface area contributed by atoms with Crippen molar-refractivity contribution < 1.29 is 19.1 Å². The molecule has 1 aromatic carbocycles. The fourth-order valence-corrected chi connectivity index (χ4v) is 1.69. The molecule has 4 heteroatoms. The largest absolute Gasteiger partial charge is 0.421 e. The average Bonchev–Trinajstić information content (AvgIpc) is 2.37. The van der Waals surface area contributed by atoms with Crippen LogP contribution in [0.3, 0.4) is 0 Å². The van der Waals surface area contributed by atoms with Gasteiger partial charge in [-0.2, -0.15) is 0 Å². The third-order valence-electron chi connectivity index (χ3n) is 2.70. The molecule has 0 atom stereocenters. The molecule has 108 valence electrons. The number of benzene rings is 1. The lowest BCUT2D eigenvalue weighted by Crippen LogP contribution is -2.23. The standard InChI is InChI=1S/C16H20O4/c1-5-14-6-8-15(9-7-14)10-11(2)16(19-12(3)17)20-13(4)18/h6-10,16H,5H2,1-4H3. The lowest BCUT2D eigenvalue weighted by molar-refractivity contribution is -0.177. The lowest BCUT2D eigenvalue weighted by atomic mass is 10.1. The Bertz CT molecular complexity index is 484. The Morgan fingerprint density at radius 1 is 1.05 bits per heavy atom. The minimum Gasteiger partial charge on any atom is -0.421 e. The van der Waals surface area contributed by atoms with Crippen LogP contribution in [0.15, 0.2) is 29.8 Å². The van der Waals surface area contributed by atoms with Crippen LogP contribution in [0.25, 0.3) is 6.08 Å². The van der Waals surface area contributed by atoms with Gasteiger partial charge in [0.25, 0.3) is 6.29 Å². The molecule has 0 aliphatic heterocycles. The smallest absolute Gasteiger partial charge is 0.305 e. The van der Waals surface area contributed by atoms with E-state index in [9.17, 15) is 9.59 Å². The van der Waals surface area contributed by atoms with Crippen molar-refractivity contribution in [1.82, 2.24) is 0 Å². The van der Waals surface area contributed by atoms with Crippen LogP contribution in [0.5, 0.6) is 0 Å². The highest BCUT2D eigenvalue weighted by Crippen LogP contribution is 2.15. The van der Waals surface area contributed by atoms with Gasteiger partial charge in [-0.25, -0.2) is 0 Å². The highest BCUT2D eigenvalue weighted by molar-refractivity contribution is 5.69. The molecule has 0 saturated heterocycles. The van der Waals surface area contributed by atoms with Gasteiger partial charge in [-0.3, -0.25) is 9.59 Å². The van der Waals surface area contributed by atoms with Crippen molar-refractivity contribution in [2.24, 2.45) is 0 Å². The molecule has 0 unspecified atom stereocenters. The third kappa shape index (κ3) is 5.26. The van der Waals surface area contributed by atoms with Gasteiger partial charge in [0.05, 0.1) is 0 Å². The number of carbonyl (C=O) groups excluding carboxylic acids is 2. The predicted octanol–water partition coefficient (Wildman–Crippen LogP) is 3.10. The van der Waals surface area contributed by atoms with Gasteiger partial charge in [0, 0.05) is 19.4 Å². The van der Waals surface area contributed by atoms with Gasteiger partial charge in [0.2, 0.25) is 0 Å². The number of aryl methyl sites for hydroxylation is 1. The van der Waals surface area contributed by atoms with Gasteiger partial charge in [-0.1, -0.05) is 31.2 Å². The second kappa shape index (κ2) is 7.48. The number of carbonyl (C=O) groups is 2. The maximum atomic E-state index is 11.0. The molecule has 1 rings (SSSR count). The van der Waals surface area contributed by atoms with Crippen LogP contribution >= 0.6 is 0 Å². The number of ether oxygens (including phenoxy) is 2. The summed E-state index contributed by atoms with van der Waals surface area (Å²) in [5.41, 5.74) is 2.86. The minimum atomic E-state index is -0.976. The average molecular weight is 276 g/mol. The number of esters is 2. The van der Waals surface area contributed by atoms with Gasteiger partial charge in [0.15, 0.2) is 0 Å². The zero-order valence-corrected chi connectivity index (χ0v) is 12.3. The maximum Gasteiger partial charge on any atom is 0.305 e. The first-order chi connectivity index (χ1) is 9.42. The Hall–Kier alpha value is -2.10. The fourth-order valence-electron chi connectivity index (χ4n) is 1.69. The van der Waals surface area contributed by atoms with Crippen molar-refractivity contribution in [2.75, 3.05) is 0 Å². The molecule has 1 aromatic rings. The van der Waals surface area contributed by atoms with Crippen molar-refractivity contribution in [3.05, 3.63) is 41.0 Å². The van der Waals surface area contributed by atoms with Crippen LogP contribution in [0.4, 0.5) is 0 Å². The molecule has 20 heavy (non-hydrogen) atoms. The molecule has 0 radical (unpaired) electrons. The van der Waals surface area contributed by atoms with Gasteiger partial charge in [-0.05, 0) is 30.5 Å². The summed E-state index contributed by atoms with van der Waals surface area (Å²) in [7, 11) is 0. The summed E-state index contributed by atoms with van der Waals surface area (Å²) in [6.07, 6.45) is 1.83. The molecule has 0 fully saturated rings. The Balaban J connectivity index is 2.90. The molecule has 0 aromatic heterocycles.